The van der Waals surface area contributed by atoms with Crippen molar-refractivity contribution in [2.45, 2.75) is 32.4 Å². The number of anilines is 1. The Hall–Kier alpha value is -2.11. The Bertz CT molecular complexity index is 502. The van der Waals surface area contributed by atoms with Gasteiger partial charge in [-0.1, -0.05) is 6.07 Å². The van der Waals surface area contributed by atoms with Crippen molar-refractivity contribution in [1.29, 1.82) is 0 Å². The second-order valence-corrected chi connectivity index (χ2v) is 4.90. The van der Waals surface area contributed by atoms with Gasteiger partial charge in [-0.15, -0.1) is 0 Å². The molecule has 1 atom stereocenters. The van der Waals surface area contributed by atoms with Crippen molar-refractivity contribution < 1.29 is 14.7 Å². The first-order chi connectivity index (χ1) is 8.97. The van der Waals surface area contributed by atoms with Crippen LogP contribution < -0.4 is 5.32 Å². The van der Waals surface area contributed by atoms with Crippen LogP contribution in [-0.2, 0) is 4.79 Å². The van der Waals surface area contributed by atoms with Gasteiger partial charge < -0.3 is 15.3 Å². The minimum atomic E-state index is -1.06. The number of nitrogens with zero attached hydrogens (tertiary/aromatic N) is 2. The van der Waals surface area contributed by atoms with Gasteiger partial charge in [0.1, 0.15) is 5.82 Å². The van der Waals surface area contributed by atoms with Crippen LogP contribution in [0.25, 0.3) is 0 Å². The van der Waals surface area contributed by atoms with Crippen LogP contribution in [0.15, 0.2) is 18.2 Å². The van der Waals surface area contributed by atoms with Gasteiger partial charge in [-0.05, 0) is 26.0 Å². The number of likely N-dealkylation sites (tertiary alicyclic amines) is 1. The Morgan fingerprint density at radius 1 is 1.53 bits per heavy atom. The summed E-state index contributed by atoms with van der Waals surface area (Å²) in [5.41, 5.74) is -0.00459. The maximum absolute atomic E-state index is 11.8. The number of pyridine rings is 1. The highest BCUT2D eigenvalue weighted by molar-refractivity contribution is 5.85. The van der Waals surface area contributed by atoms with E-state index in [9.17, 15) is 9.59 Å². The first-order valence-electron chi connectivity index (χ1n) is 6.23. The minimum absolute atomic E-state index is 0.00459. The molecule has 0 radical (unpaired) electrons. The van der Waals surface area contributed by atoms with Gasteiger partial charge in [0.15, 0.2) is 5.69 Å². The van der Waals surface area contributed by atoms with Crippen LogP contribution in [0.5, 0.6) is 0 Å². The van der Waals surface area contributed by atoms with E-state index in [2.05, 4.69) is 10.3 Å². The van der Waals surface area contributed by atoms with E-state index in [0.29, 0.717) is 18.8 Å². The van der Waals surface area contributed by atoms with Crippen LogP contribution in [0.4, 0.5) is 5.82 Å². The molecule has 1 unspecified atom stereocenters. The molecule has 2 N–H and O–H groups in total. The number of hydrogen-bond donors (Lipinski definition) is 2. The summed E-state index contributed by atoms with van der Waals surface area (Å²) in [6, 6.07) is 4.93. The zero-order valence-corrected chi connectivity index (χ0v) is 11.0. The van der Waals surface area contributed by atoms with Crippen molar-refractivity contribution >= 4 is 17.7 Å². The smallest absolute Gasteiger partial charge is 0.354 e. The lowest BCUT2D eigenvalue weighted by Crippen LogP contribution is -2.33. The Balaban J connectivity index is 2.05. The topological polar surface area (TPSA) is 82.5 Å². The van der Waals surface area contributed by atoms with Gasteiger partial charge in [-0.2, -0.15) is 0 Å². The Morgan fingerprint density at radius 2 is 2.26 bits per heavy atom. The number of aromatic carboxylic acids is 1. The van der Waals surface area contributed by atoms with Crippen LogP contribution >= 0.6 is 0 Å². The molecule has 1 amide bonds. The average molecular weight is 263 g/mol. The number of carboxylic acid groups (broad SMARTS) is 1. The fourth-order valence-corrected chi connectivity index (χ4v) is 2.17. The molecule has 0 saturated carbocycles. The van der Waals surface area contributed by atoms with Crippen molar-refractivity contribution in [3.05, 3.63) is 23.9 Å². The third-order valence-corrected chi connectivity index (χ3v) is 3.10. The average Bonchev–Trinajstić information content (AvgIpc) is 2.70. The minimum Gasteiger partial charge on any atom is -0.477 e. The highest BCUT2D eigenvalue weighted by Gasteiger charge is 2.31. The van der Waals surface area contributed by atoms with Crippen LogP contribution in [-0.4, -0.2) is 45.5 Å². The first kappa shape index (κ1) is 13.3. The number of carbonyl (C=O) groups is 2. The molecule has 0 bridgehead atoms. The van der Waals surface area contributed by atoms with E-state index in [0.717, 1.165) is 0 Å². The van der Waals surface area contributed by atoms with Crippen molar-refractivity contribution in [2.24, 2.45) is 0 Å². The van der Waals surface area contributed by atoms with Gasteiger partial charge in [-0.25, -0.2) is 9.78 Å². The number of nitrogens with one attached hydrogen (secondary N) is 1. The summed E-state index contributed by atoms with van der Waals surface area (Å²) in [5, 5.41) is 12.0. The summed E-state index contributed by atoms with van der Waals surface area (Å²) in [4.78, 5) is 28.4. The van der Waals surface area contributed by atoms with Gasteiger partial charge in [0.05, 0.1) is 6.04 Å². The molecule has 0 aromatic carbocycles. The summed E-state index contributed by atoms with van der Waals surface area (Å²) < 4.78 is 0. The number of rotatable bonds is 4. The molecule has 0 spiro atoms. The Morgan fingerprint density at radius 3 is 2.84 bits per heavy atom. The van der Waals surface area contributed by atoms with Gasteiger partial charge >= 0.3 is 5.97 Å². The SMILES string of the molecule is CC(C)N1CC(Nc2cccc(C(=O)O)n2)CC1=O. The van der Waals surface area contributed by atoms with E-state index >= 15 is 0 Å². The molecule has 19 heavy (non-hydrogen) atoms. The Labute approximate surface area is 111 Å². The predicted molar refractivity (Wildman–Crippen MR) is 70.1 cm³/mol. The van der Waals surface area contributed by atoms with E-state index in [1.807, 2.05) is 13.8 Å². The molecule has 1 saturated heterocycles. The lowest BCUT2D eigenvalue weighted by atomic mass is 10.2. The van der Waals surface area contributed by atoms with E-state index in [1.165, 1.54) is 6.07 Å². The van der Waals surface area contributed by atoms with Crippen LogP contribution in [0.2, 0.25) is 0 Å². The van der Waals surface area contributed by atoms with E-state index < -0.39 is 5.97 Å². The standard InChI is InChI=1S/C13H17N3O3/c1-8(2)16-7-9(6-12(16)17)14-11-5-3-4-10(15-11)13(18)19/h3-5,8-9H,6-7H2,1-2H3,(H,14,15)(H,18,19). The maximum atomic E-state index is 11.8. The van der Waals surface area contributed by atoms with Crippen molar-refractivity contribution in [2.75, 3.05) is 11.9 Å². The highest BCUT2D eigenvalue weighted by Crippen LogP contribution is 2.18. The zero-order chi connectivity index (χ0) is 14.0. The molecule has 6 heteroatoms. The third-order valence-electron chi connectivity index (χ3n) is 3.10. The molecule has 6 nitrogen and oxygen atoms in total. The highest BCUT2D eigenvalue weighted by atomic mass is 16.4. The fourth-order valence-electron chi connectivity index (χ4n) is 2.17. The first-order valence-corrected chi connectivity index (χ1v) is 6.23. The largest absolute Gasteiger partial charge is 0.477 e. The number of aromatic nitrogens is 1. The molecule has 1 aromatic rings. The fraction of sp³-hybridized carbons (Fsp3) is 0.462. The summed E-state index contributed by atoms with van der Waals surface area (Å²) in [7, 11) is 0. The van der Waals surface area contributed by atoms with Gasteiger partial charge in [-0.3, -0.25) is 4.79 Å². The second kappa shape index (κ2) is 5.26. The second-order valence-electron chi connectivity index (χ2n) is 4.90. The zero-order valence-electron chi connectivity index (χ0n) is 11.0. The van der Waals surface area contributed by atoms with Crippen LogP contribution in [0, 0.1) is 0 Å². The number of carboxylic acids is 1. The van der Waals surface area contributed by atoms with E-state index in [-0.39, 0.29) is 23.7 Å². The maximum Gasteiger partial charge on any atom is 0.354 e. The molecule has 102 valence electrons. The number of carbonyl (C=O) groups excluding carboxylic acids is 1. The molecule has 1 aliphatic rings. The lowest BCUT2D eigenvalue weighted by Gasteiger charge is -2.21. The molecule has 1 aliphatic heterocycles. The monoisotopic (exact) mass is 263 g/mol. The van der Waals surface area contributed by atoms with Crippen LogP contribution in [0.3, 0.4) is 0 Å². The quantitative estimate of drug-likeness (QED) is 0.853. The molecular weight excluding hydrogens is 246 g/mol. The van der Waals surface area contributed by atoms with Crippen molar-refractivity contribution in [3.63, 3.8) is 0 Å². The molecule has 2 heterocycles. The molecule has 1 aromatic heterocycles. The van der Waals surface area contributed by atoms with Crippen molar-refractivity contribution in [3.8, 4) is 0 Å². The normalized spacial score (nSPS) is 19.0. The van der Waals surface area contributed by atoms with Gasteiger partial charge in [0.25, 0.3) is 0 Å². The van der Waals surface area contributed by atoms with E-state index in [4.69, 9.17) is 5.11 Å². The lowest BCUT2D eigenvalue weighted by molar-refractivity contribution is -0.129. The van der Waals surface area contributed by atoms with Gasteiger partial charge in [0, 0.05) is 19.0 Å². The summed E-state index contributed by atoms with van der Waals surface area (Å²) >= 11 is 0. The van der Waals surface area contributed by atoms with Crippen LogP contribution in [0.1, 0.15) is 30.8 Å². The summed E-state index contributed by atoms with van der Waals surface area (Å²) in [5.74, 6) is -0.458. The molecule has 1 fully saturated rings. The van der Waals surface area contributed by atoms with Crippen molar-refractivity contribution in [1.82, 2.24) is 9.88 Å². The molecular formula is C13H17N3O3. The Kier molecular flexibility index (Phi) is 3.69. The number of hydrogen-bond acceptors (Lipinski definition) is 4. The molecule has 2 rings (SSSR count). The van der Waals surface area contributed by atoms with Gasteiger partial charge in [0.2, 0.25) is 5.91 Å². The number of amides is 1. The third kappa shape index (κ3) is 3.01. The molecule has 0 aliphatic carbocycles. The summed E-state index contributed by atoms with van der Waals surface area (Å²) in [6.07, 6.45) is 0.414. The van der Waals surface area contributed by atoms with E-state index in [1.54, 1.807) is 17.0 Å². The predicted octanol–water partition coefficient (Wildman–Crippen LogP) is 1.20. The summed E-state index contributed by atoms with van der Waals surface area (Å²) in [6.45, 7) is 4.57.